The molecule has 0 saturated carbocycles. The van der Waals surface area contributed by atoms with E-state index in [0.717, 1.165) is 17.8 Å². The number of likely N-dealkylation sites (tertiary alicyclic amines) is 1. The number of piperidine rings is 1. The zero-order valence-corrected chi connectivity index (χ0v) is 22.8. The van der Waals surface area contributed by atoms with Crippen molar-refractivity contribution in [2.75, 3.05) is 23.1 Å². The van der Waals surface area contributed by atoms with Crippen LogP contribution in [0.4, 0.5) is 26.0 Å². The van der Waals surface area contributed by atoms with Gasteiger partial charge in [-0.3, -0.25) is 9.52 Å². The second-order valence-corrected chi connectivity index (χ2v) is 11.4. The van der Waals surface area contributed by atoms with Gasteiger partial charge in [0.2, 0.25) is 0 Å². The Morgan fingerprint density at radius 1 is 1.10 bits per heavy atom. The van der Waals surface area contributed by atoms with Crippen LogP contribution < -0.4 is 10.0 Å². The van der Waals surface area contributed by atoms with Crippen molar-refractivity contribution in [1.29, 1.82) is 0 Å². The molecule has 0 unspecified atom stereocenters. The van der Waals surface area contributed by atoms with Crippen molar-refractivity contribution in [3.8, 4) is 0 Å². The van der Waals surface area contributed by atoms with Gasteiger partial charge < -0.3 is 14.7 Å². The number of carbonyl (C=O) groups excluding carboxylic acids is 1. The largest absolute Gasteiger partial charge is 0.363 e. The van der Waals surface area contributed by atoms with Crippen LogP contribution in [0.3, 0.4) is 0 Å². The van der Waals surface area contributed by atoms with Crippen LogP contribution in [0.5, 0.6) is 0 Å². The Morgan fingerprint density at radius 3 is 2.50 bits per heavy atom. The number of benzene rings is 2. The molecule has 0 spiro atoms. The molecule has 3 heterocycles. The Kier molecular flexibility index (Phi) is 7.72. The summed E-state index contributed by atoms with van der Waals surface area (Å²) in [7, 11) is -4.25. The molecule has 2 aromatic carbocycles. The quantitative estimate of drug-likeness (QED) is 0.277. The van der Waals surface area contributed by atoms with E-state index in [0.29, 0.717) is 25.9 Å². The van der Waals surface area contributed by atoms with Gasteiger partial charge in [-0.05, 0) is 61.6 Å². The maximum atomic E-state index is 14.7. The van der Waals surface area contributed by atoms with Gasteiger partial charge in [0.05, 0.1) is 16.9 Å². The van der Waals surface area contributed by atoms with Crippen molar-refractivity contribution < 1.29 is 26.5 Å². The van der Waals surface area contributed by atoms with Crippen LogP contribution in [-0.2, 0) is 10.0 Å². The van der Waals surface area contributed by atoms with Crippen molar-refractivity contribution in [1.82, 2.24) is 15.0 Å². The summed E-state index contributed by atoms with van der Waals surface area (Å²) in [5.41, 5.74) is 1.18. The van der Waals surface area contributed by atoms with Crippen LogP contribution in [0.25, 0.3) is 0 Å². The number of amides is 1. The van der Waals surface area contributed by atoms with Crippen molar-refractivity contribution in [2.24, 2.45) is 0 Å². The summed E-state index contributed by atoms with van der Waals surface area (Å²) < 4.78 is 61.2. The Bertz CT molecular complexity index is 1640. The van der Waals surface area contributed by atoms with Crippen LogP contribution in [-0.4, -0.2) is 42.5 Å². The molecule has 13 heteroatoms. The minimum atomic E-state index is -4.25. The number of aromatic nitrogens is 2. The van der Waals surface area contributed by atoms with Crippen LogP contribution in [0.15, 0.2) is 70.5 Å². The molecule has 1 saturated heterocycles. The molecule has 1 aliphatic heterocycles. The zero-order valence-electron chi connectivity index (χ0n) is 21.2. The molecule has 1 aliphatic rings. The number of nitrogens with zero attached hydrogens (tertiary/aromatic N) is 3. The number of nitrogens with one attached hydrogen (secondary N) is 2. The Balaban J connectivity index is 1.47. The van der Waals surface area contributed by atoms with Crippen molar-refractivity contribution in [2.45, 2.75) is 30.7 Å². The third-order valence-electron chi connectivity index (χ3n) is 6.75. The molecule has 0 atom stereocenters. The second kappa shape index (κ2) is 11.2. The molecule has 1 amide bonds. The number of sulfonamides is 1. The lowest BCUT2D eigenvalue weighted by Crippen LogP contribution is -2.38. The van der Waals surface area contributed by atoms with Gasteiger partial charge in [0.1, 0.15) is 17.9 Å². The Hall–Kier alpha value is -4.03. The molecule has 4 aromatic rings. The number of hydrogen-bond acceptors (Lipinski definition) is 7. The number of pyridine rings is 1. The van der Waals surface area contributed by atoms with Gasteiger partial charge in [-0.25, -0.2) is 13.8 Å². The summed E-state index contributed by atoms with van der Waals surface area (Å²) >= 11 is 6.07. The van der Waals surface area contributed by atoms with Gasteiger partial charge in [-0.15, -0.1) is 0 Å². The lowest BCUT2D eigenvalue weighted by molar-refractivity contribution is 0.0713. The lowest BCUT2D eigenvalue weighted by Gasteiger charge is -2.33. The number of carbonyl (C=O) groups is 1. The highest BCUT2D eigenvalue weighted by atomic mass is 35.5. The summed E-state index contributed by atoms with van der Waals surface area (Å²) in [5, 5.41) is 6.29. The molecular weight excluding hydrogens is 564 g/mol. The topological polar surface area (TPSA) is 117 Å². The highest BCUT2D eigenvalue weighted by Gasteiger charge is 2.30. The molecule has 1 fully saturated rings. The molecule has 9 nitrogen and oxygen atoms in total. The molecule has 2 aromatic heterocycles. The van der Waals surface area contributed by atoms with E-state index in [1.165, 1.54) is 43.5 Å². The number of rotatable bonds is 7. The first-order valence-corrected chi connectivity index (χ1v) is 14.2. The van der Waals surface area contributed by atoms with E-state index in [9.17, 15) is 22.0 Å². The molecule has 2 N–H and O–H groups in total. The molecule has 208 valence electrons. The monoisotopic (exact) mass is 587 g/mol. The van der Waals surface area contributed by atoms with E-state index in [1.807, 2.05) is 0 Å². The Labute approximate surface area is 234 Å². The second-order valence-electron chi connectivity index (χ2n) is 9.33. The van der Waals surface area contributed by atoms with E-state index in [4.69, 9.17) is 11.6 Å². The minimum absolute atomic E-state index is 0.0429. The van der Waals surface area contributed by atoms with Crippen molar-refractivity contribution >= 4 is 44.7 Å². The first kappa shape index (κ1) is 27.5. The van der Waals surface area contributed by atoms with Gasteiger partial charge in [-0.2, -0.15) is 8.42 Å². The highest BCUT2D eigenvalue weighted by Crippen LogP contribution is 2.34. The fraction of sp³-hybridized carbons (Fsp3) is 0.222. The first-order chi connectivity index (χ1) is 19.1. The number of hydrogen-bond donors (Lipinski definition) is 2. The van der Waals surface area contributed by atoms with E-state index < -0.39 is 21.7 Å². The van der Waals surface area contributed by atoms with Gasteiger partial charge in [-0.1, -0.05) is 28.9 Å². The van der Waals surface area contributed by atoms with Gasteiger partial charge in [0, 0.05) is 35.9 Å². The number of anilines is 3. The van der Waals surface area contributed by atoms with Gasteiger partial charge in [0.15, 0.2) is 10.8 Å². The molecule has 0 aliphatic carbocycles. The summed E-state index contributed by atoms with van der Waals surface area (Å²) in [6.07, 6.45) is 3.67. The fourth-order valence-corrected chi connectivity index (χ4v) is 6.03. The first-order valence-electron chi connectivity index (χ1n) is 12.3. The average molecular weight is 588 g/mol. The normalized spacial score (nSPS) is 14.2. The van der Waals surface area contributed by atoms with Crippen LogP contribution in [0.1, 0.15) is 40.2 Å². The van der Waals surface area contributed by atoms with E-state index in [2.05, 4.69) is 24.7 Å². The minimum Gasteiger partial charge on any atom is -0.363 e. The van der Waals surface area contributed by atoms with Gasteiger partial charge in [0.25, 0.3) is 15.9 Å². The molecule has 40 heavy (non-hydrogen) atoms. The maximum absolute atomic E-state index is 14.7. The highest BCUT2D eigenvalue weighted by molar-refractivity contribution is 7.92. The predicted octanol–water partition coefficient (Wildman–Crippen LogP) is 5.87. The third kappa shape index (κ3) is 5.77. The van der Waals surface area contributed by atoms with E-state index >= 15 is 0 Å². The van der Waals surface area contributed by atoms with Gasteiger partial charge >= 0.3 is 0 Å². The summed E-state index contributed by atoms with van der Waals surface area (Å²) in [6, 6.07) is 11.5. The van der Waals surface area contributed by atoms with E-state index in [-0.39, 0.29) is 50.1 Å². The smallest absolute Gasteiger partial charge is 0.280 e. The average Bonchev–Trinajstić information content (AvgIpc) is 3.44. The summed E-state index contributed by atoms with van der Waals surface area (Å²) in [6.45, 7) is 2.30. The molecule has 0 radical (unpaired) electrons. The predicted molar refractivity (Wildman–Crippen MR) is 145 cm³/mol. The van der Waals surface area contributed by atoms with Crippen LogP contribution in [0.2, 0.25) is 5.02 Å². The third-order valence-corrected chi connectivity index (χ3v) is 8.38. The summed E-state index contributed by atoms with van der Waals surface area (Å²) in [4.78, 5) is 19.5. The SMILES string of the molecule is Cc1c(S(=O)(=O)Nc2ccon2)ncc(C(=O)N2CCC(c3ccc(F)cc3)CC2)c1Nc1cc(Cl)ccc1F. The maximum Gasteiger partial charge on any atom is 0.280 e. The van der Waals surface area contributed by atoms with Crippen molar-refractivity contribution in [3.63, 3.8) is 0 Å². The number of halogens is 3. The van der Waals surface area contributed by atoms with E-state index in [1.54, 1.807) is 17.0 Å². The van der Waals surface area contributed by atoms with Crippen molar-refractivity contribution in [3.05, 3.63) is 94.3 Å². The van der Waals surface area contributed by atoms with Crippen LogP contribution >= 0.6 is 11.6 Å². The fourth-order valence-electron chi connectivity index (χ4n) is 4.69. The standard InChI is InChI=1S/C27H24ClF2N5O4S/c1-16-25(32-23-14-19(28)4-7-22(23)30)21(15-31-26(16)40(37,38)34-24-10-13-39-33-24)27(36)35-11-8-18(9-12-35)17-2-5-20(29)6-3-17/h2-7,10,13-15,18H,8-9,11-12H2,1H3,(H,31,32)(H,33,34). The summed E-state index contributed by atoms with van der Waals surface area (Å²) in [5.74, 6) is -1.24. The lowest BCUT2D eigenvalue weighted by atomic mass is 9.89. The van der Waals surface area contributed by atoms with Crippen LogP contribution in [0, 0.1) is 18.6 Å². The Morgan fingerprint density at radius 2 is 1.82 bits per heavy atom. The zero-order chi connectivity index (χ0) is 28.4. The molecule has 5 rings (SSSR count). The molecular formula is C27H24ClF2N5O4S. The molecule has 0 bridgehead atoms.